The Morgan fingerprint density at radius 3 is 2.57 bits per heavy atom. The molecule has 2 rings (SSSR count). The average molecular weight is 208 g/mol. The number of aryl methyl sites for hydroxylation is 1. The molecule has 1 aliphatic rings. The van der Waals surface area contributed by atoms with E-state index in [1.165, 1.54) is 16.9 Å². The fourth-order valence-electron chi connectivity index (χ4n) is 1.59. The molecular formula is C12H16OS. The van der Waals surface area contributed by atoms with Crippen molar-refractivity contribution < 1.29 is 4.74 Å². The molecule has 1 nitrogen and oxygen atoms in total. The van der Waals surface area contributed by atoms with E-state index >= 15 is 0 Å². The van der Waals surface area contributed by atoms with Crippen molar-refractivity contribution in [2.45, 2.75) is 30.6 Å². The van der Waals surface area contributed by atoms with Gasteiger partial charge in [0.15, 0.2) is 0 Å². The zero-order chi connectivity index (χ0) is 9.97. The summed E-state index contributed by atoms with van der Waals surface area (Å²) < 4.78 is 5.66. The monoisotopic (exact) mass is 208 g/mol. The lowest BCUT2D eigenvalue weighted by Gasteiger charge is -2.08. The van der Waals surface area contributed by atoms with Crippen molar-refractivity contribution in [3.05, 3.63) is 29.8 Å². The van der Waals surface area contributed by atoms with E-state index in [2.05, 4.69) is 38.1 Å². The van der Waals surface area contributed by atoms with Crippen molar-refractivity contribution in [1.82, 2.24) is 0 Å². The molecule has 1 unspecified atom stereocenters. The highest BCUT2D eigenvalue weighted by atomic mass is 32.2. The molecule has 0 radical (unpaired) electrons. The van der Waals surface area contributed by atoms with Gasteiger partial charge in [-0.15, -0.1) is 0 Å². The van der Waals surface area contributed by atoms with E-state index in [0.717, 1.165) is 12.5 Å². The van der Waals surface area contributed by atoms with E-state index in [1.54, 1.807) is 0 Å². The highest BCUT2D eigenvalue weighted by Crippen LogP contribution is 2.32. The third-order valence-corrected chi connectivity index (χ3v) is 3.59. The maximum Gasteiger partial charge on any atom is 0.108 e. The molecule has 2 atom stereocenters. The van der Waals surface area contributed by atoms with Crippen LogP contribution >= 0.6 is 11.8 Å². The van der Waals surface area contributed by atoms with Gasteiger partial charge >= 0.3 is 0 Å². The molecule has 0 spiro atoms. The first-order valence-electron chi connectivity index (χ1n) is 5.09. The molecule has 1 fully saturated rings. The van der Waals surface area contributed by atoms with E-state index in [1.807, 2.05) is 11.8 Å². The molecule has 0 bridgehead atoms. The van der Waals surface area contributed by atoms with E-state index < -0.39 is 0 Å². The predicted molar refractivity (Wildman–Crippen MR) is 60.6 cm³/mol. The van der Waals surface area contributed by atoms with Crippen molar-refractivity contribution in [3.8, 4) is 0 Å². The molecule has 1 aromatic rings. The second kappa shape index (κ2) is 4.37. The topological polar surface area (TPSA) is 9.23 Å². The van der Waals surface area contributed by atoms with Gasteiger partial charge in [0.2, 0.25) is 0 Å². The van der Waals surface area contributed by atoms with Gasteiger partial charge in [-0.2, -0.15) is 0 Å². The van der Waals surface area contributed by atoms with E-state index in [-0.39, 0.29) is 0 Å². The number of hydrogen-bond acceptors (Lipinski definition) is 2. The van der Waals surface area contributed by atoms with Crippen molar-refractivity contribution >= 4 is 11.8 Å². The smallest absolute Gasteiger partial charge is 0.108 e. The number of benzene rings is 1. The molecule has 76 valence electrons. The van der Waals surface area contributed by atoms with Crippen LogP contribution in [0, 0.1) is 12.8 Å². The summed E-state index contributed by atoms with van der Waals surface area (Å²) in [4.78, 5) is 1.31. The third-order valence-electron chi connectivity index (χ3n) is 2.45. The molecule has 1 saturated heterocycles. The van der Waals surface area contributed by atoms with E-state index in [9.17, 15) is 0 Å². The third kappa shape index (κ3) is 2.52. The van der Waals surface area contributed by atoms with Crippen LogP contribution < -0.4 is 0 Å². The lowest BCUT2D eigenvalue weighted by atomic mass is 10.2. The van der Waals surface area contributed by atoms with Gasteiger partial charge < -0.3 is 4.74 Å². The van der Waals surface area contributed by atoms with Crippen molar-refractivity contribution in [3.63, 3.8) is 0 Å². The molecule has 0 saturated carbocycles. The summed E-state index contributed by atoms with van der Waals surface area (Å²) in [6, 6.07) is 8.65. The van der Waals surface area contributed by atoms with Crippen LogP contribution in [0.15, 0.2) is 29.2 Å². The molecule has 0 N–H and O–H groups in total. The van der Waals surface area contributed by atoms with Gasteiger partial charge in [0.1, 0.15) is 5.44 Å². The van der Waals surface area contributed by atoms with Gasteiger partial charge in [0, 0.05) is 4.90 Å². The Labute approximate surface area is 89.9 Å². The minimum Gasteiger partial charge on any atom is -0.367 e. The van der Waals surface area contributed by atoms with Crippen molar-refractivity contribution in [1.29, 1.82) is 0 Å². The molecule has 0 aliphatic carbocycles. The Balaban J connectivity index is 1.94. The van der Waals surface area contributed by atoms with E-state index in [4.69, 9.17) is 4.74 Å². The van der Waals surface area contributed by atoms with E-state index in [0.29, 0.717) is 5.44 Å². The van der Waals surface area contributed by atoms with Gasteiger partial charge in [-0.05, 0) is 31.4 Å². The van der Waals surface area contributed by atoms with Crippen molar-refractivity contribution in [2.75, 3.05) is 6.61 Å². The van der Waals surface area contributed by atoms with Gasteiger partial charge in [0.25, 0.3) is 0 Å². The Bertz CT molecular complexity index is 294. The molecule has 2 heteroatoms. The first kappa shape index (κ1) is 10.1. The maximum absolute atomic E-state index is 5.66. The lowest BCUT2D eigenvalue weighted by molar-refractivity contribution is 0.166. The van der Waals surface area contributed by atoms with Crippen LogP contribution in [-0.4, -0.2) is 12.0 Å². The average Bonchev–Trinajstić information content (AvgIpc) is 2.56. The second-order valence-electron chi connectivity index (χ2n) is 4.03. The highest BCUT2D eigenvalue weighted by Gasteiger charge is 2.22. The van der Waals surface area contributed by atoms with Gasteiger partial charge in [-0.3, -0.25) is 0 Å². The molecule has 0 aromatic heterocycles. The minimum absolute atomic E-state index is 0.368. The molecule has 1 heterocycles. The molecular weight excluding hydrogens is 192 g/mol. The quantitative estimate of drug-likeness (QED) is 0.736. The summed E-state index contributed by atoms with van der Waals surface area (Å²) in [5.41, 5.74) is 1.68. The first-order valence-corrected chi connectivity index (χ1v) is 5.97. The van der Waals surface area contributed by atoms with Crippen LogP contribution in [0.2, 0.25) is 0 Å². The Morgan fingerprint density at radius 2 is 2.00 bits per heavy atom. The van der Waals surface area contributed by atoms with Gasteiger partial charge in [0.05, 0.1) is 6.61 Å². The standard InChI is InChI=1S/C12H16OS/c1-9-3-5-11(6-4-9)14-12-7-10(2)8-13-12/h3-6,10,12H,7-8H2,1-2H3/t10-,12?/m1/s1. The minimum atomic E-state index is 0.368. The number of rotatable bonds is 2. The molecule has 14 heavy (non-hydrogen) atoms. The molecule has 1 aliphatic heterocycles. The van der Waals surface area contributed by atoms with Crippen molar-refractivity contribution in [2.24, 2.45) is 5.92 Å². The Kier molecular flexibility index (Phi) is 3.14. The normalized spacial score (nSPS) is 26.7. The zero-order valence-electron chi connectivity index (χ0n) is 8.69. The second-order valence-corrected chi connectivity index (χ2v) is 5.27. The summed E-state index contributed by atoms with van der Waals surface area (Å²) in [5, 5.41) is 0. The van der Waals surface area contributed by atoms with Gasteiger partial charge in [-0.25, -0.2) is 0 Å². The van der Waals surface area contributed by atoms with Gasteiger partial charge in [-0.1, -0.05) is 36.4 Å². The first-order chi connectivity index (χ1) is 6.74. The summed E-state index contributed by atoms with van der Waals surface area (Å²) >= 11 is 1.84. The lowest BCUT2D eigenvalue weighted by Crippen LogP contribution is -1.97. The zero-order valence-corrected chi connectivity index (χ0v) is 9.51. The van der Waals surface area contributed by atoms with Crippen LogP contribution in [0.4, 0.5) is 0 Å². The molecule has 0 amide bonds. The number of thioether (sulfide) groups is 1. The Morgan fingerprint density at radius 1 is 1.29 bits per heavy atom. The molecule has 1 aromatic carbocycles. The van der Waals surface area contributed by atoms with Crippen LogP contribution in [0.25, 0.3) is 0 Å². The summed E-state index contributed by atoms with van der Waals surface area (Å²) in [7, 11) is 0. The highest BCUT2D eigenvalue weighted by molar-refractivity contribution is 7.99. The fraction of sp³-hybridized carbons (Fsp3) is 0.500. The van der Waals surface area contributed by atoms with Crippen LogP contribution in [0.3, 0.4) is 0 Å². The Hall–Kier alpha value is -0.470. The summed E-state index contributed by atoms with van der Waals surface area (Å²) in [5.74, 6) is 0.720. The number of ether oxygens (including phenoxy) is 1. The van der Waals surface area contributed by atoms with Crippen LogP contribution in [0.5, 0.6) is 0 Å². The summed E-state index contributed by atoms with van der Waals surface area (Å²) in [6.45, 7) is 5.28. The maximum atomic E-state index is 5.66. The predicted octanol–water partition coefficient (Wildman–Crippen LogP) is 3.47. The van der Waals surface area contributed by atoms with Crippen LogP contribution in [0.1, 0.15) is 18.9 Å². The largest absolute Gasteiger partial charge is 0.367 e. The fourth-order valence-corrected chi connectivity index (χ4v) is 2.76. The van der Waals surface area contributed by atoms with Crippen LogP contribution in [-0.2, 0) is 4.74 Å². The number of hydrogen-bond donors (Lipinski definition) is 0. The SMILES string of the molecule is Cc1ccc(SC2C[C@@H](C)CO2)cc1. The summed E-state index contributed by atoms with van der Waals surface area (Å²) in [6.07, 6.45) is 1.18.